The van der Waals surface area contributed by atoms with Crippen molar-refractivity contribution in [2.45, 2.75) is 6.92 Å². The molecule has 2 rings (SSSR count). The minimum atomic E-state index is -1.27. The number of rotatable bonds is 4. The second-order valence-corrected chi connectivity index (χ2v) is 4.39. The minimum Gasteiger partial charge on any atom is -0.478 e. The van der Waals surface area contributed by atoms with Gasteiger partial charge in [0.15, 0.2) is 0 Å². The van der Waals surface area contributed by atoms with E-state index < -0.39 is 17.6 Å². The van der Waals surface area contributed by atoms with Crippen LogP contribution in [-0.2, 0) is 0 Å². The van der Waals surface area contributed by atoms with Gasteiger partial charge < -0.3 is 15.7 Å². The Hall–Kier alpha value is -2.63. The third-order valence-electron chi connectivity index (χ3n) is 3.10. The number of carbonyl (C=O) groups is 1. The van der Waals surface area contributed by atoms with Crippen LogP contribution >= 0.6 is 0 Å². The quantitative estimate of drug-likeness (QED) is 0.848. The van der Waals surface area contributed by atoms with E-state index in [0.29, 0.717) is 0 Å². The van der Waals surface area contributed by atoms with Crippen LogP contribution < -0.4 is 10.6 Å². The molecule has 2 aromatic carbocycles. The van der Waals surface area contributed by atoms with Gasteiger partial charge in [-0.05, 0) is 31.2 Å². The Bertz CT molecular complexity index is 689. The smallest absolute Gasteiger partial charge is 0.337 e. The maximum atomic E-state index is 14.1. The molecule has 0 aromatic heterocycles. The number of nitrogens with two attached hydrogens (primary N) is 1. The molecule has 0 radical (unpaired) electrons. The molecule has 0 aliphatic heterocycles. The Morgan fingerprint density at radius 1 is 1.19 bits per heavy atom. The molecule has 110 valence electrons. The number of nitrogens with zero attached hydrogens (tertiary/aromatic N) is 1. The lowest BCUT2D eigenvalue weighted by atomic mass is 10.1. The third-order valence-corrected chi connectivity index (χ3v) is 3.10. The number of aromatic carboxylic acids is 1. The number of carboxylic acids is 1. The minimum absolute atomic E-state index is 0.0331. The lowest BCUT2D eigenvalue weighted by Crippen LogP contribution is -2.19. The van der Waals surface area contributed by atoms with E-state index in [4.69, 9.17) is 10.8 Å². The van der Waals surface area contributed by atoms with E-state index in [1.165, 1.54) is 23.1 Å². The van der Waals surface area contributed by atoms with Crippen LogP contribution in [0.1, 0.15) is 17.3 Å². The summed E-state index contributed by atoms with van der Waals surface area (Å²) >= 11 is 0. The first-order valence-electron chi connectivity index (χ1n) is 6.30. The first-order valence-corrected chi connectivity index (χ1v) is 6.30. The van der Waals surface area contributed by atoms with Crippen LogP contribution in [0.25, 0.3) is 0 Å². The average Bonchev–Trinajstić information content (AvgIpc) is 2.43. The highest BCUT2D eigenvalue weighted by Crippen LogP contribution is 2.32. The highest BCUT2D eigenvalue weighted by atomic mass is 19.1. The van der Waals surface area contributed by atoms with E-state index in [1.54, 1.807) is 13.0 Å². The molecular formula is C15H14F2N2O2. The van der Waals surface area contributed by atoms with Crippen LogP contribution in [0.2, 0.25) is 0 Å². The maximum Gasteiger partial charge on any atom is 0.337 e. The predicted molar refractivity (Wildman–Crippen MR) is 76.9 cm³/mol. The topological polar surface area (TPSA) is 66.6 Å². The van der Waals surface area contributed by atoms with Crippen molar-refractivity contribution in [3.8, 4) is 0 Å². The zero-order valence-electron chi connectivity index (χ0n) is 11.3. The van der Waals surface area contributed by atoms with Crippen molar-refractivity contribution in [2.75, 3.05) is 17.2 Å². The molecule has 0 saturated heterocycles. The molecule has 0 aliphatic rings. The number of hydrogen-bond acceptors (Lipinski definition) is 3. The monoisotopic (exact) mass is 292 g/mol. The molecule has 0 saturated carbocycles. The van der Waals surface area contributed by atoms with Gasteiger partial charge in [0.1, 0.15) is 11.6 Å². The number of benzene rings is 2. The van der Waals surface area contributed by atoms with Crippen LogP contribution in [0.3, 0.4) is 0 Å². The van der Waals surface area contributed by atoms with Crippen LogP contribution in [0.4, 0.5) is 25.8 Å². The van der Waals surface area contributed by atoms with E-state index in [-0.39, 0.29) is 29.2 Å². The van der Waals surface area contributed by atoms with Gasteiger partial charge in [-0.15, -0.1) is 0 Å². The predicted octanol–water partition coefficient (Wildman–Crippen LogP) is 3.40. The molecule has 3 N–H and O–H groups in total. The van der Waals surface area contributed by atoms with E-state index in [0.717, 1.165) is 12.1 Å². The average molecular weight is 292 g/mol. The number of nitrogen functional groups attached to an aromatic ring is 1. The highest BCUT2D eigenvalue weighted by Gasteiger charge is 2.19. The number of hydrogen-bond donors (Lipinski definition) is 2. The second kappa shape index (κ2) is 5.78. The number of carboxylic acid groups (broad SMARTS) is 1. The van der Waals surface area contributed by atoms with Crippen molar-refractivity contribution in [2.24, 2.45) is 0 Å². The van der Waals surface area contributed by atoms with Crippen LogP contribution in [0, 0.1) is 11.6 Å². The van der Waals surface area contributed by atoms with E-state index in [1.807, 2.05) is 0 Å². The molecule has 0 amide bonds. The summed E-state index contributed by atoms with van der Waals surface area (Å²) in [5, 5.41) is 9.07. The zero-order valence-corrected chi connectivity index (χ0v) is 11.3. The fourth-order valence-corrected chi connectivity index (χ4v) is 2.11. The van der Waals surface area contributed by atoms with Gasteiger partial charge in [0.2, 0.25) is 0 Å². The summed E-state index contributed by atoms with van der Waals surface area (Å²) in [6.07, 6.45) is 0. The molecule has 21 heavy (non-hydrogen) atoms. The SMILES string of the molecule is CCN(c1ccccc1F)c1cc(C(=O)O)c(N)cc1F. The summed E-state index contributed by atoms with van der Waals surface area (Å²) in [6.45, 7) is 1.98. The Morgan fingerprint density at radius 3 is 2.43 bits per heavy atom. The molecule has 0 spiro atoms. The van der Waals surface area contributed by atoms with Crippen molar-refractivity contribution in [3.05, 3.63) is 53.6 Å². The Morgan fingerprint density at radius 2 is 1.86 bits per heavy atom. The van der Waals surface area contributed by atoms with Gasteiger partial charge in [-0.1, -0.05) is 12.1 Å². The van der Waals surface area contributed by atoms with Gasteiger partial charge in [-0.25, -0.2) is 13.6 Å². The summed E-state index contributed by atoms with van der Waals surface area (Å²) in [6, 6.07) is 7.94. The van der Waals surface area contributed by atoms with Gasteiger partial charge in [0.25, 0.3) is 0 Å². The van der Waals surface area contributed by atoms with Crippen molar-refractivity contribution >= 4 is 23.0 Å². The fourth-order valence-electron chi connectivity index (χ4n) is 2.11. The second-order valence-electron chi connectivity index (χ2n) is 4.39. The summed E-state index contributed by atoms with van der Waals surface area (Å²) in [5.74, 6) is -2.49. The lowest BCUT2D eigenvalue weighted by Gasteiger charge is -2.25. The van der Waals surface area contributed by atoms with Gasteiger partial charge in [0, 0.05) is 12.2 Å². The zero-order chi connectivity index (χ0) is 15.6. The van der Waals surface area contributed by atoms with Crippen molar-refractivity contribution in [3.63, 3.8) is 0 Å². The van der Waals surface area contributed by atoms with E-state index in [2.05, 4.69) is 0 Å². The Balaban J connectivity index is 2.60. The Labute approximate surface area is 120 Å². The molecule has 6 heteroatoms. The third kappa shape index (κ3) is 2.79. The molecule has 2 aromatic rings. The normalized spacial score (nSPS) is 10.4. The number of halogens is 2. The summed E-state index contributed by atoms with van der Waals surface area (Å²) < 4.78 is 28.0. The van der Waals surface area contributed by atoms with Gasteiger partial charge in [0.05, 0.1) is 16.9 Å². The summed E-state index contributed by atoms with van der Waals surface area (Å²) in [4.78, 5) is 12.5. The highest BCUT2D eigenvalue weighted by molar-refractivity contribution is 5.95. The maximum absolute atomic E-state index is 14.1. The lowest BCUT2D eigenvalue weighted by molar-refractivity contribution is 0.0698. The first-order chi connectivity index (χ1) is 9.95. The number of anilines is 3. The molecule has 0 atom stereocenters. The van der Waals surface area contributed by atoms with Crippen molar-refractivity contribution in [1.29, 1.82) is 0 Å². The molecule has 0 bridgehead atoms. The van der Waals surface area contributed by atoms with E-state index >= 15 is 0 Å². The molecule has 0 aliphatic carbocycles. The molecule has 4 nitrogen and oxygen atoms in total. The van der Waals surface area contributed by atoms with Gasteiger partial charge >= 0.3 is 5.97 Å². The Kier molecular flexibility index (Phi) is 4.07. The van der Waals surface area contributed by atoms with Gasteiger partial charge in [-0.3, -0.25) is 0 Å². The van der Waals surface area contributed by atoms with Crippen molar-refractivity contribution in [1.82, 2.24) is 0 Å². The summed E-state index contributed by atoms with van der Waals surface area (Å²) in [5.41, 5.74) is 5.23. The van der Waals surface area contributed by atoms with Crippen LogP contribution in [-0.4, -0.2) is 17.6 Å². The molecule has 0 heterocycles. The van der Waals surface area contributed by atoms with E-state index in [9.17, 15) is 13.6 Å². The summed E-state index contributed by atoms with van der Waals surface area (Å²) in [7, 11) is 0. The van der Waals surface area contributed by atoms with Crippen LogP contribution in [0.5, 0.6) is 0 Å². The molecular weight excluding hydrogens is 278 g/mol. The molecule has 0 unspecified atom stereocenters. The van der Waals surface area contributed by atoms with Crippen LogP contribution in [0.15, 0.2) is 36.4 Å². The first kappa shape index (κ1) is 14.8. The number of para-hydroxylation sites is 1. The largest absolute Gasteiger partial charge is 0.478 e. The molecule has 0 fully saturated rings. The fraction of sp³-hybridized carbons (Fsp3) is 0.133. The van der Waals surface area contributed by atoms with Gasteiger partial charge in [-0.2, -0.15) is 0 Å². The standard InChI is InChI=1S/C15H14F2N2O2/c1-2-19(13-6-4-3-5-10(13)16)14-7-9(15(20)21)12(18)8-11(14)17/h3-8H,2,18H2,1H3,(H,20,21). The van der Waals surface area contributed by atoms with Crippen molar-refractivity contribution < 1.29 is 18.7 Å².